The Morgan fingerprint density at radius 2 is 1.94 bits per heavy atom. The van der Waals surface area contributed by atoms with Crippen LogP contribution < -0.4 is 11.3 Å². The summed E-state index contributed by atoms with van der Waals surface area (Å²) in [6.45, 7) is 0.303. The third-order valence-corrected chi connectivity index (χ3v) is 2.48. The molecule has 4 nitrogen and oxygen atoms in total. The molecule has 0 fully saturated rings. The van der Waals surface area contributed by atoms with Crippen LogP contribution >= 0.6 is 0 Å². The van der Waals surface area contributed by atoms with Gasteiger partial charge in [0.2, 0.25) is 0 Å². The van der Waals surface area contributed by atoms with E-state index in [-0.39, 0.29) is 5.56 Å². The van der Waals surface area contributed by atoms with E-state index in [4.69, 9.17) is 5.73 Å². The zero-order valence-electron chi connectivity index (χ0n) is 8.89. The lowest BCUT2D eigenvalue weighted by Crippen LogP contribution is -2.12. The van der Waals surface area contributed by atoms with Crippen LogP contribution in [0.1, 0.15) is 5.56 Å². The predicted octanol–water partition coefficient (Wildman–Crippen LogP) is 1.15. The Morgan fingerprint density at radius 3 is 2.59 bits per heavy atom. The largest absolute Gasteiger partial charge is 0.330 e. The maximum Gasteiger partial charge on any atom is 0.267 e. The molecular weight excluding hydrogens is 228 g/mol. The summed E-state index contributed by atoms with van der Waals surface area (Å²) in [5, 5.41) is 5.04. The first kappa shape index (κ1) is 11.5. The van der Waals surface area contributed by atoms with E-state index >= 15 is 0 Å². The van der Waals surface area contributed by atoms with Crippen LogP contribution in [0.25, 0.3) is 11.3 Å². The maximum atomic E-state index is 13.1. The van der Waals surface area contributed by atoms with Gasteiger partial charge in [0.1, 0.15) is 0 Å². The van der Waals surface area contributed by atoms with E-state index in [2.05, 4.69) is 10.2 Å². The Kier molecular flexibility index (Phi) is 3.06. The summed E-state index contributed by atoms with van der Waals surface area (Å²) in [5.74, 6) is -1.88. The van der Waals surface area contributed by atoms with Crippen molar-refractivity contribution in [1.82, 2.24) is 10.2 Å². The fourth-order valence-corrected chi connectivity index (χ4v) is 1.66. The van der Waals surface area contributed by atoms with Gasteiger partial charge in [-0.3, -0.25) is 15.0 Å². The minimum Gasteiger partial charge on any atom is -0.330 e. The zero-order valence-corrected chi connectivity index (χ0v) is 8.89. The highest BCUT2D eigenvalue weighted by Crippen LogP contribution is 2.21. The van der Waals surface area contributed by atoms with Gasteiger partial charge in [-0.1, -0.05) is 0 Å². The third kappa shape index (κ3) is 2.12. The first-order chi connectivity index (χ1) is 8.13. The van der Waals surface area contributed by atoms with Crippen LogP contribution in [-0.2, 0) is 6.42 Å². The van der Waals surface area contributed by atoms with Gasteiger partial charge in [0.25, 0.3) is 5.56 Å². The smallest absolute Gasteiger partial charge is 0.267 e. The highest BCUT2D eigenvalue weighted by molar-refractivity contribution is 5.62. The molecule has 4 N–H and O–H groups in total. The van der Waals surface area contributed by atoms with Crippen molar-refractivity contribution in [3.05, 3.63) is 45.8 Å². The quantitative estimate of drug-likeness (QED) is 0.751. The number of aromatic nitrogens is 2. The molecule has 0 saturated heterocycles. The molecule has 2 rings (SSSR count). The van der Waals surface area contributed by atoms with E-state index in [1.165, 1.54) is 6.07 Å². The Bertz CT molecular complexity index is 589. The number of aromatic amines is 2. The standard InChI is InChI=1S/C11H11F2N3O/c12-8-2-1-6(5-9(8)13)10-7(3-4-14)11(17)16-15-10/h1-2,5H,3-4,14H2,(H2,15,16,17). The van der Waals surface area contributed by atoms with Crippen molar-refractivity contribution in [2.45, 2.75) is 6.42 Å². The molecular formula is C11H11F2N3O. The Hall–Kier alpha value is -1.95. The van der Waals surface area contributed by atoms with E-state index in [9.17, 15) is 13.6 Å². The number of nitrogens with two attached hydrogens (primary N) is 1. The van der Waals surface area contributed by atoms with Gasteiger partial charge in [0.15, 0.2) is 11.6 Å². The van der Waals surface area contributed by atoms with Crippen LogP contribution in [0, 0.1) is 11.6 Å². The van der Waals surface area contributed by atoms with E-state index in [1.54, 1.807) is 0 Å². The van der Waals surface area contributed by atoms with Gasteiger partial charge in [0.05, 0.1) is 5.69 Å². The summed E-state index contributed by atoms with van der Waals surface area (Å²) < 4.78 is 25.9. The lowest BCUT2D eigenvalue weighted by Gasteiger charge is -2.02. The molecule has 0 aliphatic heterocycles. The van der Waals surface area contributed by atoms with Gasteiger partial charge >= 0.3 is 0 Å². The number of hydrogen-bond donors (Lipinski definition) is 3. The van der Waals surface area contributed by atoms with Gasteiger partial charge in [-0.25, -0.2) is 8.78 Å². The minimum atomic E-state index is -0.955. The van der Waals surface area contributed by atoms with E-state index in [0.29, 0.717) is 29.8 Å². The Balaban J connectivity index is 2.52. The van der Waals surface area contributed by atoms with Crippen molar-refractivity contribution < 1.29 is 8.78 Å². The van der Waals surface area contributed by atoms with E-state index in [0.717, 1.165) is 12.1 Å². The third-order valence-electron chi connectivity index (χ3n) is 2.48. The summed E-state index contributed by atoms with van der Waals surface area (Å²) in [7, 11) is 0. The van der Waals surface area contributed by atoms with Crippen molar-refractivity contribution >= 4 is 0 Å². The molecule has 0 bridgehead atoms. The van der Waals surface area contributed by atoms with Gasteiger partial charge < -0.3 is 5.73 Å². The summed E-state index contributed by atoms with van der Waals surface area (Å²) >= 11 is 0. The number of H-pyrrole nitrogens is 2. The average molecular weight is 239 g/mol. The molecule has 17 heavy (non-hydrogen) atoms. The second kappa shape index (κ2) is 4.50. The summed E-state index contributed by atoms with van der Waals surface area (Å²) in [6, 6.07) is 3.45. The first-order valence-electron chi connectivity index (χ1n) is 5.08. The molecule has 0 aliphatic rings. The number of benzene rings is 1. The van der Waals surface area contributed by atoms with Crippen LogP contribution in [-0.4, -0.2) is 16.7 Å². The van der Waals surface area contributed by atoms with E-state index < -0.39 is 11.6 Å². The summed E-state index contributed by atoms with van der Waals surface area (Å²) in [4.78, 5) is 11.4. The van der Waals surface area contributed by atoms with Gasteiger partial charge in [-0.15, -0.1) is 0 Å². The van der Waals surface area contributed by atoms with Crippen molar-refractivity contribution in [3.8, 4) is 11.3 Å². The maximum absolute atomic E-state index is 13.1. The van der Waals surface area contributed by atoms with Crippen LogP contribution in [0.3, 0.4) is 0 Å². The van der Waals surface area contributed by atoms with Gasteiger partial charge in [-0.2, -0.15) is 0 Å². The molecule has 1 aromatic heterocycles. The number of nitrogens with one attached hydrogen (secondary N) is 2. The van der Waals surface area contributed by atoms with Crippen molar-refractivity contribution in [1.29, 1.82) is 0 Å². The zero-order chi connectivity index (χ0) is 12.4. The second-order valence-electron chi connectivity index (χ2n) is 3.60. The van der Waals surface area contributed by atoms with E-state index in [1.807, 2.05) is 0 Å². The fraction of sp³-hybridized carbons (Fsp3) is 0.182. The minimum absolute atomic E-state index is 0.296. The van der Waals surface area contributed by atoms with Crippen LogP contribution in [0.5, 0.6) is 0 Å². The molecule has 90 valence electrons. The van der Waals surface area contributed by atoms with Crippen LogP contribution in [0.15, 0.2) is 23.0 Å². The molecule has 0 spiro atoms. The molecule has 0 aliphatic carbocycles. The molecule has 0 radical (unpaired) electrons. The first-order valence-corrected chi connectivity index (χ1v) is 5.08. The number of rotatable bonds is 3. The van der Waals surface area contributed by atoms with Crippen molar-refractivity contribution in [2.24, 2.45) is 5.73 Å². The predicted molar refractivity (Wildman–Crippen MR) is 59.5 cm³/mol. The number of hydrogen-bond acceptors (Lipinski definition) is 2. The fourth-order valence-electron chi connectivity index (χ4n) is 1.66. The molecule has 1 aromatic carbocycles. The normalized spacial score (nSPS) is 10.8. The average Bonchev–Trinajstić information content (AvgIpc) is 2.66. The Morgan fingerprint density at radius 1 is 1.18 bits per heavy atom. The molecule has 2 aromatic rings. The molecule has 0 unspecified atom stereocenters. The molecule has 6 heteroatoms. The second-order valence-corrected chi connectivity index (χ2v) is 3.60. The molecule has 0 saturated carbocycles. The lowest BCUT2D eigenvalue weighted by molar-refractivity contribution is 0.509. The monoisotopic (exact) mass is 239 g/mol. The molecule has 0 amide bonds. The van der Waals surface area contributed by atoms with Crippen molar-refractivity contribution in [2.75, 3.05) is 6.54 Å². The van der Waals surface area contributed by atoms with Gasteiger partial charge in [0, 0.05) is 11.1 Å². The lowest BCUT2D eigenvalue weighted by atomic mass is 10.1. The topological polar surface area (TPSA) is 74.7 Å². The SMILES string of the molecule is NCCc1c(-c2ccc(F)c(F)c2)[nH][nH]c1=O. The number of halogens is 2. The highest BCUT2D eigenvalue weighted by atomic mass is 19.2. The Labute approximate surface area is 95.4 Å². The highest BCUT2D eigenvalue weighted by Gasteiger charge is 2.12. The molecule has 0 atom stereocenters. The van der Waals surface area contributed by atoms with Crippen LogP contribution in [0.2, 0.25) is 0 Å². The molecule has 1 heterocycles. The summed E-state index contributed by atoms with van der Waals surface area (Å²) in [5.41, 5.74) is 6.39. The van der Waals surface area contributed by atoms with Crippen molar-refractivity contribution in [3.63, 3.8) is 0 Å². The summed E-state index contributed by atoms with van der Waals surface area (Å²) in [6.07, 6.45) is 0.368. The van der Waals surface area contributed by atoms with Crippen LogP contribution in [0.4, 0.5) is 8.78 Å². The van der Waals surface area contributed by atoms with Gasteiger partial charge in [-0.05, 0) is 31.2 Å².